The lowest BCUT2D eigenvalue weighted by Gasteiger charge is -2.15. The van der Waals surface area contributed by atoms with E-state index in [4.69, 9.17) is 4.74 Å². The number of hydrogen-bond acceptors (Lipinski definition) is 2. The van der Waals surface area contributed by atoms with Crippen LogP contribution in [0.25, 0.3) is 5.57 Å². The van der Waals surface area contributed by atoms with Crippen molar-refractivity contribution in [1.82, 2.24) is 0 Å². The molecule has 2 aliphatic carbocycles. The van der Waals surface area contributed by atoms with Crippen molar-refractivity contribution < 1.29 is 9.53 Å². The van der Waals surface area contributed by atoms with Gasteiger partial charge in [0.25, 0.3) is 0 Å². The lowest BCUT2D eigenvalue weighted by Crippen LogP contribution is -2.03. The van der Waals surface area contributed by atoms with E-state index in [0.29, 0.717) is 12.3 Å². The lowest BCUT2D eigenvalue weighted by molar-refractivity contribution is -0.116. The van der Waals surface area contributed by atoms with E-state index in [1.165, 1.54) is 35.1 Å². The molecule has 0 heterocycles. The second-order valence-electron chi connectivity index (χ2n) is 6.08. The van der Waals surface area contributed by atoms with E-state index < -0.39 is 0 Å². The average molecular weight is 294 g/mol. The van der Waals surface area contributed by atoms with E-state index in [0.717, 1.165) is 12.2 Å². The quantitative estimate of drug-likeness (QED) is 0.795. The molecule has 0 saturated heterocycles. The molecule has 1 fully saturated rings. The SMILES string of the molecule is COC1=CCC=CC(c2cccc(CC(C)=O)c2C2CC2)=C1. The molecular weight excluding hydrogens is 272 g/mol. The predicted molar refractivity (Wildman–Crippen MR) is 89.6 cm³/mol. The molecule has 0 atom stereocenters. The third kappa shape index (κ3) is 3.22. The molecule has 0 unspecified atom stereocenters. The summed E-state index contributed by atoms with van der Waals surface area (Å²) in [5, 5.41) is 0. The molecule has 1 aromatic rings. The Hall–Kier alpha value is -2.09. The van der Waals surface area contributed by atoms with Crippen molar-refractivity contribution in [2.24, 2.45) is 0 Å². The first-order valence-corrected chi connectivity index (χ1v) is 7.93. The number of allylic oxidation sites excluding steroid dienone is 5. The summed E-state index contributed by atoms with van der Waals surface area (Å²) in [5.74, 6) is 1.73. The van der Waals surface area contributed by atoms with Crippen molar-refractivity contribution in [2.45, 2.75) is 38.5 Å². The second kappa shape index (κ2) is 6.35. The van der Waals surface area contributed by atoms with Gasteiger partial charge in [0.1, 0.15) is 11.5 Å². The van der Waals surface area contributed by atoms with Crippen molar-refractivity contribution >= 4 is 11.4 Å². The van der Waals surface area contributed by atoms with Gasteiger partial charge in [-0.3, -0.25) is 4.79 Å². The predicted octanol–water partition coefficient (Wildman–Crippen LogP) is 4.57. The molecule has 114 valence electrons. The van der Waals surface area contributed by atoms with Crippen LogP contribution in [0.4, 0.5) is 0 Å². The van der Waals surface area contributed by atoms with Crippen LogP contribution in [0.5, 0.6) is 0 Å². The number of carbonyl (C=O) groups excluding carboxylic acids is 1. The third-order valence-electron chi connectivity index (χ3n) is 4.22. The summed E-state index contributed by atoms with van der Waals surface area (Å²) in [4.78, 5) is 11.6. The number of ether oxygens (including phenoxy) is 1. The molecule has 2 aliphatic rings. The van der Waals surface area contributed by atoms with E-state index in [1.807, 2.05) is 0 Å². The van der Waals surface area contributed by atoms with Gasteiger partial charge in [-0.05, 0) is 66.5 Å². The number of carbonyl (C=O) groups is 1. The Bertz CT molecular complexity index is 673. The van der Waals surface area contributed by atoms with Crippen LogP contribution >= 0.6 is 0 Å². The average Bonchev–Trinajstić information content (AvgIpc) is 3.33. The Morgan fingerprint density at radius 1 is 1.32 bits per heavy atom. The van der Waals surface area contributed by atoms with Gasteiger partial charge < -0.3 is 4.74 Å². The van der Waals surface area contributed by atoms with Gasteiger partial charge in [0, 0.05) is 6.42 Å². The number of hydrogen-bond donors (Lipinski definition) is 0. The minimum Gasteiger partial charge on any atom is -0.497 e. The third-order valence-corrected chi connectivity index (χ3v) is 4.22. The molecule has 0 aliphatic heterocycles. The van der Waals surface area contributed by atoms with Crippen LogP contribution in [0.3, 0.4) is 0 Å². The highest BCUT2D eigenvalue weighted by Crippen LogP contribution is 2.45. The Labute approximate surface area is 132 Å². The van der Waals surface area contributed by atoms with Crippen molar-refractivity contribution in [3.8, 4) is 0 Å². The van der Waals surface area contributed by atoms with E-state index in [1.54, 1.807) is 14.0 Å². The van der Waals surface area contributed by atoms with Gasteiger partial charge in [-0.1, -0.05) is 30.4 Å². The summed E-state index contributed by atoms with van der Waals surface area (Å²) in [6, 6.07) is 6.34. The maximum atomic E-state index is 11.6. The molecule has 0 amide bonds. The normalized spacial score (nSPS) is 17.5. The Kier molecular flexibility index (Phi) is 4.28. The minimum atomic E-state index is 0.224. The van der Waals surface area contributed by atoms with Crippen LogP contribution < -0.4 is 0 Å². The fourth-order valence-corrected chi connectivity index (χ4v) is 3.09. The highest BCUT2D eigenvalue weighted by atomic mass is 16.5. The van der Waals surface area contributed by atoms with E-state index >= 15 is 0 Å². The van der Waals surface area contributed by atoms with Gasteiger partial charge >= 0.3 is 0 Å². The Balaban J connectivity index is 2.08. The van der Waals surface area contributed by atoms with Crippen molar-refractivity contribution in [3.05, 3.63) is 65.0 Å². The van der Waals surface area contributed by atoms with Crippen LogP contribution in [-0.4, -0.2) is 12.9 Å². The first-order valence-electron chi connectivity index (χ1n) is 7.93. The molecule has 22 heavy (non-hydrogen) atoms. The second-order valence-corrected chi connectivity index (χ2v) is 6.08. The highest BCUT2D eigenvalue weighted by Gasteiger charge is 2.29. The summed E-state index contributed by atoms with van der Waals surface area (Å²) in [6.45, 7) is 1.67. The van der Waals surface area contributed by atoms with Gasteiger partial charge in [-0.2, -0.15) is 0 Å². The van der Waals surface area contributed by atoms with Gasteiger partial charge in [-0.25, -0.2) is 0 Å². The van der Waals surface area contributed by atoms with Gasteiger partial charge in [0.15, 0.2) is 0 Å². The zero-order valence-corrected chi connectivity index (χ0v) is 13.3. The summed E-state index contributed by atoms with van der Waals surface area (Å²) >= 11 is 0. The number of Topliss-reactive ketones (excluding diaryl/α,β-unsaturated/α-hetero) is 1. The lowest BCUT2D eigenvalue weighted by atomic mass is 9.90. The van der Waals surface area contributed by atoms with Crippen molar-refractivity contribution in [2.75, 3.05) is 7.11 Å². The monoisotopic (exact) mass is 294 g/mol. The zero-order chi connectivity index (χ0) is 15.5. The van der Waals surface area contributed by atoms with Crippen LogP contribution in [-0.2, 0) is 16.0 Å². The first-order chi connectivity index (χ1) is 10.7. The summed E-state index contributed by atoms with van der Waals surface area (Å²) in [6.07, 6.45) is 12.4. The maximum absolute atomic E-state index is 11.6. The van der Waals surface area contributed by atoms with E-state index in [-0.39, 0.29) is 5.78 Å². The van der Waals surface area contributed by atoms with Crippen LogP contribution in [0.1, 0.15) is 48.8 Å². The smallest absolute Gasteiger partial charge is 0.134 e. The van der Waals surface area contributed by atoms with Crippen LogP contribution in [0, 0.1) is 0 Å². The summed E-state index contributed by atoms with van der Waals surface area (Å²) in [5.41, 5.74) is 4.99. The van der Waals surface area contributed by atoms with Crippen LogP contribution in [0.2, 0.25) is 0 Å². The molecule has 3 rings (SSSR count). The Morgan fingerprint density at radius 2 is 2.14 bits per heavy atom. The molecular formula is C20H22O2. The van der Waals surface area contributed by atoms with Crippen LogP contribution in [0.15, 0.2) is 48.3 Å². The summed E-state index contributed by atoms with van der Waals surface area (Å²) < 4.78 is 5.42. The molecule has 0 radical (unpaired) electrons. The molecule has 0 spiro atoms. The molecule has 1 aromatic carbocycles. The van der Waals surface area contributed by atoms with Crippen molar-refractivity contribution in [3.63, 3.8) is 0 Å². The fourth-order valence-electron chi connectivity index (χ4n) is 3.09. The number of ketones is 1. The molecule has 1 saturated carbocycles. The fraction of sp³-hybridized carbons (Fsp3) is 0.350. The molecule has 0 N–H and O–H groups in total. The summed E-state index contributed by atoms with van der Waals surface area (Å²) in [7, 11) is 1.71. The molecule has 0 aromatic heterocycles. The van der Waals surface area contributed by atoms with Gasteiger partial charge in [-0.15, -0.1) is 0 Å². The Morgan fingerprint density at radius 3 is 2.82 bits per heavy atom. The van der Waals surface area contributed by atoms with Gasteiger partial charge in [0.2, 0.25) is 0 Å². The van der Waals surface area contributed by atoms with E-state index in [2.05, 4.69) is 42.5 Å². The topological polar surface area (TPSA) is 26.3 Å². The number of rotatable bonds is 5. The molecule has 2 nitrogen and oxygen atoms in total. The first kappa shape index (κ1) is 14.8. The van der Waals surface area contributed by atoms with Gasteiger partial charge in [0.05, 0.1) is 7.11 Å². The van der Waals surface area contributed by atoms with Crippen molar-refractivity contribution in [1.29, 1.82) is 0 Å². The maximum Gasteiger partial charge on any atom is 0.134 e. The number of benzene rings is 1. The largest absolute Gasteiger partial charge is 0.497 e. The minimum absolute atomic E-state index is 0.224. The van der Waals surface area contributed by atoms with E-state index in [9.17, 15) is 4.79 Å². The zero-order valence-electron chi connectivity index (χ0n) is 13.3. The highest BCUT2D eigenvalue weighted by molar-refractivity contribution is 5.82. The standard InChI is InChI=1S/C20H22O2/c1-14(21)12-17-7-5-9-19(20(17)15-10-11-15)16-6-3-4-8-18(13-16)22-2/h3,5-9,13,15H,4,10-12H2,1-2H3. The number of methoxy groups -OCH3 is 1. The molecule has 2 heteroatoms. The molecule has 0 bridgehead atoms.